The number of halogens is 1. The molecule has 1 aliphatic rings. The van der Waals surface area contributed by atoms with Crippen molar-refractivity contribution < 1.29 is 0 Å². The van der Waals surface area contributed by atoms with Crippen LogP contribution in [0.4, 0.5) is 0 Å². The Morgan fingerprint density at radius 2 is 2.15 bits per heavy atom. The summed E-state index contributed by atoms with van der Waals surface area (Å²) in [5, 5.41) is 9.90. The van der Waals surface area contributed by atoms with Crippen LogP contribution in [0.25, 0.3) is 0 Å². The number of aromatic nitrogens is 1. The molecule has 1 aromatic rings. The van der Waals surface area contributed by atoms with Gasteiger partial charge in [0, 0.05) is 5.92 Å². The highest BCUT2D eigenvalue weighted by Gasteiger charge is 2.21. The molecule has 2 rings (SSSR count). The predicted octanol–water partition coefficient (Wildman–Crippen LogP) is 3.43. The lowest BCUT2D eigenvalue weighted by Gasteiger charge is -2.01. The lowest BCUT2D eigenvalue weighted by Crippen LogP contribution is -1.89. The maximum atomic E-state index is 8.76. The van der Waals surface area contributed by atoms with Crippen molar-refractivity contribution in [2.24, 2.45) is 0 Å². The molecule has 68 valence electrons. The average Bonchev–Trinajstić information content (AvgIpc) is 2.71. The topological polar surface area (TPSA) is 36.7 Å². The van der Waals surface area contributed by atoms with E-state index in [1.807, 2.05) is 0 Å². The summed E-state index contributed by atoms with van der Waals surface area (Å²) in [4.78, 5) is 5.09. The third kappa shape index (κ3) is 1.77. The van der Waals surface area contributed by atoms with Gasteiger partial charge in [-0.2, -0.15) is 5.26 Å². The Balaban J connectivity index is 2.26. The predicted molar refractivity (Wildman–Crippen MR) is 55.7 cm³/mol. The van der Waals surface area contributed by atoms with Crippen LogP contribution in [-0.2, 0) is 0 Å². The SMILES string of the molecule is N#Cc1sc(C2CCCC2)nc1Br. The van der Waals surface area contributed by atoms with E-state index in [0.717, 1.165) is 9.61 Å². The molecule has 0 radical (unpaired) electrons. The van der Waals surface area contributed by atoms with Crippen LogP contribution < -0.4 is 0 Å². The summed E-state index contributed by atoms with van der Waals surface area (Å²) < 4.78 is 0.724. The summed E-state index contributed by atoms with van der Waals surface area (Å²) in [6.07, 6.45) is 5.10. The molecule has 1 heterocycles. The van der Waals surface area contributed by atoms with Crippen molar-refractivity contribution in [2.75, 3.05) is 0 Å². The molecule has 0 bridgehead atoms. The minimum atomic E-state index is 0.614. The van der Waals surface area contributed by atoms with Crippen LogP contribution in [0.5, 0.6) is 0 Å². The van der Waals surface area contributed by atoms with Gasteiger partial charge >= 0.3 is 0 Å². The number of hydrogen-bond acceptors (Lipinski definition) is 3. The van der Waals surface area contributed by atoms with Gasteiger partial charge in [-0.1, -0.05) is 12.8 Å². The first-order valence-electron chi connectivity index (χ1n) is 4.37. The second-order valence-electron chi connectivity index (χ2n) is 3.27. The maximum absolute atomic E-state index is 8.76. The van der Waals surface area contributed by atoms with Crippen LogP contribution in [0.3, 0.4) is 0 Å². The summed E-state index contributed by atoms with van der Waals surface area (Å²) >= 11 is 4.84. The largest absolute Gasteiger partial charge is 0.233 e. The van der Waals surface area contributed by atoms with Crippen molar-refractivity contribution in [2.45, 2.75) is 31.6 Å². The highest BCUT2D eigenvalue weighted by atomic mass is 79.9. The zero-order valence-electron chi connectivity index (χ0n) is 7.09. The summed E-state index contributed by atoms with van der Waals surface area (Å²) in [5.74, 6) is 0.614. The van der Waals surface area contributed by atoms with Gasteiger partial charge in [0.05, 0.1) is 5.01 Å². The van der Waals surface area contributed by atoms with Gasteiger partial charge in [-0.15, -0.1) is 11.3 Å². The highest BCUT2D eigenvalue weighted by molar-refractivity contribution is 9.10. The van der Waals surface area contributed by atoms with E-state index in [1.54, 1.807) is 0 Å². The summed E-state index contributed by atoms with van der Waals surface area (Å²) in [6, 6.07) is 2.15. The first kappa shape index (κ1) is 9.17. The molecule has 0 amide bonds. The fourth-order valence-corrected chi connectivity index (χ4v) is 3.30. The molecule has 1 saturated carbocycles. The normalized spacial score (nSPS) is 17.5. The van der Waals surface area contributed by atoms with Gasteiger partial charge < -0.3 is 0 Å². The van der Waals surface area contributed by atoms with Crippen LogP contribution >= 0.6 is 27.3 Å². The Morgan fingerprint density at radius 1 is 1.46 bits per heavy atom. The van der Waals surface area contributed by atoms with E-state index in [1.165, 1.54) is 37.0 Å². The number of thiazole rings is 1. The Kier molecular flexibility index (Phi) is 2.66. The Morgan fingerprint density at radius 3 is 2.69 bits per heavy atom. The van der Waals surface area contributed by atoms with Gasteiger partial charge in [-0.3, -0.25) is 0 Å². The lowest BCUT2D eigenvalue weighted by molar-refractivity contribution is 0.715. The minimum absolute atomic E-state index is 0.614. The van der Waals surface area contributed by atoms with E-state index in [0.29, 0.717) is 10.8 Å². The van der Waals surface area contributed by atoms with E-state index < -0.39 is 0 Å². The fraction of sp³-hybridized carbons (Fsp3) is 0.556. The van der Waals surface area contributed by atoms with Crippen LogP contribution in [-0.4, -0.2) is 4.98 Å². The average molecular weight is 257 g/mol. The van der Waals surface area contributed by atoms with Gasteiger partial charge in [0.2, 0.25) is 0 Å². The molecular weight excluding hydrogens is 248 g/mol. The first-order valence-corrected chi connectivity index (χ1v) is 5.98. The molecule has 0 aromatic carbocycles. The van der Waals surface area contributed by atoms with Crippen LogP contribution in [0.15, 0.2) is 4.60 Å². The van der Waals surface area contributed by atoms with Crippen LogP contribution in [0.2, 0.25) is 0 Å². The van der Waals surface area contributed by atoms with E-state index in [9.17, 15) is 0 Å². The molecule has 1 aromatic heterocycles. The second kappa shape index (κ2) is 3.77. The fourth-order valence-electron chi connectivity index (χ4n) is 1.73. The summed E-state index contributed by atoms with van der Waals surface area (Å²) in [7, 11) is 0. The highest BCUT2D eigenvalue weighted by Crippen LogP contribution is 2.37. The molecule has 13 heavy (non-hydrogen) atoms. The van der Waals surface area contributed by atoms with Gasteiger partial charge in [-0.25, -0.2) is 4.98 Å². The molecule has 1 aliphatic carbocycles. The Bertz CT molecular complexity index is 347. The standard InChI is InChI=1S/C9H9BrN2S/c10-8-7(5-11)13-9(12-8)6-3-1-2-4-6/h6H,1-4H2. The summed E-state index contributed by atoms with van der Waals surface area (Å²) in [5.41, 5.74) is 0. The molecule has 0 N–H and O–H groups in total. The Hall–Kier alpha value is -0.400. The van der Waals surface area contributed by atoms with E-state index >= 15 is 0 Å². The number of rotatable bonds is 1. The monoisotopic (exact) mass is 256 g/mol. The minimum Gasteiger partial charge on any atom is -0.233 e. The zero-order chi connectivity index (χ0) is 9.26. The van der Waals surface area contributed by atoms with Gasteiger partial charge in [-0.05, 0) is 28.8 Å². The lowest BCUT2D eigenvalue weighted by atomic mass is 10.1. The molecule has 0 atom stereocenters. The second-order valence-corrected chi connectivity index (χ2v) is 5.05. The zero-order valence-corrected chi connectivity index (χ0v) is 9.49. The molecule has 4 heteroatoms. The first-order chi connectivity index (χ1) is 6.31. The number of hydrogen-bond donors (Lipinski definition) is 0. The van der Waals surface area contributed by atoms with Crippen molar-refractivity contribution in [1.82, 2.24) is 4.98 Å². The molecule has 0 saturated heterocycles. The van der Waals surface area contributed by atoms with Crippen molar-refractivity contribution >= 4 is 27.3 Å². The maximum Gasteiger partial charge on any atom is 0.139 e. The van der Waals surface area contributed by atoms with Crippen molar-refractivity contribution in [3.8, 4) is 6.07 Å². The molecule has 0 aliphatic heterocycles. The summed E-state index contributed by atoms with van der Waals surface area (Å²) in [6.45, 7) is 0. The number of nitrogens with zero attached hydrogens (tertiary/aromatic N) is 2. The van der Waals surface area contributed by atoms with Crippen molar-refractivity contribution in [3.63, 3.8) is 0 Å². The molecule has 2 nitrogen and oxygen atoms in total. The van der Waals surface area contributed by atoms with Crippen LogP contribution in [0.1, 0.15) is 41.5 Å². The molecule has 0 unspecified atom stereocenters. The smallest absolute Gasteiger partial charge is 0.139 e. The van der Waals surface area contributed by atoms with E-state index in [-0.39, 0.29) is 0 Å². The van der Waals surface area contributed by atoms with Crippen molar-refractivity contribution in [3.05, 3.63) is 14.5 Å². The molecule has 1 fully saturated rings. The van der Waals surface area contributed by atoms with Gasteiger partial charge in [0.1, 0.15) is 15.5 Å². The number of nitriles is 1. The van der Waals surface area contributed by atoms with Gasteiger partial charge in [0.25, 0.3) is 0 Å². The van der Waals surface area contributed by atoms with E-state index in [4.69, 9.17) is 5.26 Å². The Labute approximate surface area is 89.7 Å². The van der Waals surface area contributed by atoms with Crippen LogP contribution in [0, 0.1) is 11.3 Å². The van der Waals surface area contributed by atoms with Crippen molar-refractivity contribution in [1.29, 1.82) is 5.26 Å². The third-order valence-electron chi connectivity index (χ3n) is 2.41. The molecule has 0 spiro atoms. The quantitative estimate of drug-likeness (QED) is 0.772. The molecular formula is C9H9BrN2S. The van der Waals surface area contributed by atoms with Gasteiger partial charge in [0.15, 0.2) is 0 Å². The van der Waals surface area contributed by atoms with E-state index in [2.05, 4.69) is 27.0 Å². The third-order valence-corrected chi connectivity index (χ3v) is 4.37.